The first-order chi connectivity index (χ1) is 8.83. The van der Waals surface area contributed by atoms with E-state index in [9.17, 15) is 4.79 Å². The van der Waals surface area contributed by atoms with Gasteiger partial charge in [0.25, 0.3) is 5.56 Å². The number of aromatic amines is 1. The van der Waals surface area contributed by atoms with Crippen LogP contribution in [0.3, 0.4) is 0 Å². The molecule has 3 rings (SSSR count). The van der Waals surface area contributed by atoms with Crippen molar-refractivity contribution in [1.29, 1.82) is 0 Å². The summed E-state index contributed by atoms with van der Waals surface area (Å²) >= 11 is 0. The molecule has 18 heavy (non-hydrogen) atoms. The van der Waals surface area contributed by atoms with Crippen LogP contribution in [0.1, 0.15) is 56.7 Å². The summed E-state index contributed by atoms with van der Waals surface area (Å²) in [5.41, 5.74) is 0.00367. The molecule has 1 aliphatic heterocycles. The van der Waals surface area contributed by atoms with Gasteiger partial charge < -0.3 is 9.88 Å². The van der Waals surface area contributed by atoms with Crippen LogP contribution in [0.2, 0.25) is 0 Å². The second kappa shape index (κ2) is 5.12. The van der Waals surface area contributed by atoms with Crippen molar-refractivity contribution in [3.05, 3.63) is 22.2 Å². The van der Waals surface area contributed by atoms with Crippen molar-refractivity contribution in [2.75, 3.05) is 18.0 Å². The molecule has 0 atom stereocenters. The lowest BCUT2D eigenvalue weighted by molar-refractivity contribution is 0.552. The Morgan fingerprint density at radius 3 is 2.44 bits per heavy atom. The van der Waals surface area contributed by atoms with Gasteiger partial charge in [0.1, 0.15) is 11.6 Å². The first-order valence-electron chi connectivity index (χ1n) is 7.19. The Morgan fingerprint density at radius 2 is 1.78 bits per heavy atom. The molecule has 4 nitrogen and oxygen atoms in total. The maximum Gasteiger partial charge on any atom is 0.252 e. The van der Waals surface area contributed by atoms with Crippen LogP contribution < -0.4 is 10.5 Å². The highest BCUT2D eigenvalue weighted by molar-refractivity contribution is 5.38. The summed E-state index contributed by atoms with van der Waals surface area (Å²) in [6.45, 7) is 2.08. The van der Waals surface area contributed by atoms with Crippen molar-refractivity contribution in [3.8, 4) is 0 Å². The van der Waals surface area contributed by atoms with Crippen LogP contribution in [0.15, 0.2) is 10.9 Å². The third-order valence-corrected chi connectivity index (χ3v) is 3.89. The standard InChI is InChI=1S/C14H21N3O/c18-13-10-12(15-14(16-13)11-6-7-11)17-8-4-2-1-3-5-9-17/h10-11H,1-9H2,(H,15,16,18). The van der Waals surface area contributed by atoms with E-state index in [4.69, 9.17) is 0 Å². The molecule has 2 aliphatic rings. The molecule has 2 heterocycles. The van der Waals surface area contributed by atoms with E-state index in [-0.39, 0.29) is 5.56 Å². The fraction of sp³-hybridized carbons (Fsp3) is 0.714. The molecule has 1 aromatic heterocycles. The van der Waals surface area contributed by atoms with Gasteiger partial charge in [-0.15, -0.1) is 0 Å². The molecule has 0 bridgehead atoms. The second-order valence-corrected chi connectivity index (χ2v) is 5.52. The van der Waals surface area contributed by atoms with E-state index in [1.54, 1.807) is 6.07 Å². The lowest BCUT2D eigenvalue weighted by Gasteiger charge is -2.25. The quantitative estimate of drug-likeness (QED) is 0.873. The van der Waals surface area contributed by atoms with E-state index in [0.717, 1.165) is 24.7 Å². The summed E-state index contributed by atoms with van der Waals surface area (Å²) < 4.78 is 0. The third kappa shape index (κ3) is 2.74. The van der Waals surface area contributed by atoms with Crippen molar-refractivity contribution >= 4 is 5.82 Å². The SMILES string of the molecule is O=c1cc(N2CCCCCCC2)nc(C2CC2)[nH]1. The topological polar surface area (TPSA) is 49.0 Å². The second-order valence-electron chi connectivity index (χ2n) is 5.52. The Balaban J connectivity index is 1.82. The zero-order chi connectivity index (χ0) is 12.4. The summed E-state index contributed by atoms with van der Waals surface area (Å²) in [5, 5.41) is 0. The zero-order valence-electron chi connectivity index (χ0n) is 10.8. The van der Waals surface area contributed by atoms with E-state index in [0.29, 0.717) is 5.92 Å². The lowest BCUT2D eigenvalue weighted by atomic mass is 10.1. The van der Waals surface area contributed by atoms with Gasteiger partial charge in [-0.2, -0.15) is 0 Å². The van der Waals surface area contributed by atoms with Crippen LogP contribution >= 0.6 is 0 Å². The van der Waals surface area contributed by atoms with Crippen molar-refractivity contribution in [2.24, 2.45) is 0 Å². The fourth-order valence-corrected chi connectivity index (χ4v) is 2.65. The minimum atomic E-state index is 0.00367. The summed E-state index contributed by atoms with van der Waals surface area (Å²) in [6, 6.07) is 1.66. The number of aromatic nitrogens is 2. The minimum Gasteiger partial charge on any atom is -0.356 e. The Kier molecular flexibility index (Phi) is 3.35. The van der Waals surface area contributed by atoms with Crippen LogP contribution in [0, 0.1) is 0 Å². The van der Waals surface area contributed by atoms with Gasteiger partial charge in [0.2, 0.25) is 0 Å². The number of nitrogens with one attached hydrogen (secondary N) is 1. The maximum atomic E-state index is 11.7. The molecule has 0 spiro atoms. The maximum absolute atomic E-state index is 11.7. The summed E-state index contributed by atoms with van der Waals surface area (Å²) in [4.78, 5) is 21.6. The summed E-state index contributed by atoms with van der Waals surface area (Å²) in [6.07, 6.45) is 8.73. The van der Waals surface area contributed by atoms with Gasteiger partial charge in [-0.3, -0.25) is 4.79 Å². The Morgan fingerprint density at radius 1 is 1.11 bits per heavy atom. The first-order valence-corrected chi connectivity index (χ1v) is 7.19. The van der Waals surface area contributed by atoms with Crippen molar-refractivity contribution in [3.63, 3.8) is 0 Å². The molecule has 98 valence electrons. The van der Waals surface area contributed by atoms with Crippen LogP contribution in [-0.4, -0.2) is 23.1 Å². The van der Waals surface area contributed by atoms with E-state index in [1.807, 2.05) is 0 Å². The monoisotopic (exact) mass is 247 g/mol. The Hall–Kier alpha value is -1.32. The minimum absolute atomic E-state index is 0.00367. The number of nitrogens with zero attached hydrogens (tertiary/aromatic N) is 2. The highest BCUT2D eigenvalue weighted by Gasteiger charge is 2.27. The average Bonchev–Trinajstić information content (AvgIpc) is 3.11. The third-order valence-electron chi connectivity index (χ3n) is 3.89. The van der Waals surface area contributed by atoms with E-state index in [1.165, 1.54) is 44.9 Å². The molecule has 0 aromatic carbocycles. The molecule has 1 saturated carbocycles. The van der Waals surface area contributed by atoms with Crippen molar-refractivity contribution in [2.45, 2.75) is 50.9 Å². The van der Waals surface area contributed by atoms with Crippen LogP contribution in [0.25, 0.3) is 0 Å². The van der Waals surface area contributed by atoms with E-state index >= 15 is 0 Å². The number of hydrogen-bond donors (Lipinski definition) is 1. The summed E-state index contributed by atoms with van der Waals surface area (Å²) in [7, 11) is 0. The summed E-state index contributed by atoms with van der Waals surface area (Å²) in [5.74, 6) is 2.30. The van der Waals surface area contributed by atoms with Gasteiger partial charge in [-0.05, 0) is 25.7 Å². The fourth-order valence-electron chi connectivity index (χ4n) is 2.65. The number of rotatable bonds is 2. The van der Waals surface area contributed by atoms with Gasteiger partial charge >= 0.3 is 0 Å². The van der Waals surface area contributed by atoms with Crippen LogP contribution in [0.4, 0.5) is 5.82 Å². The highest BCUT2D eigenvalue weighted by atomic mass is 16.1. The number of hydrogen-bond acceptors (Lipinski definition) is 3. The predicted octanol–water partition coefficient (Wildman–Crippen LogP) is 2.42. The average molecular weight is 247 g/mol. The number of anilines is 1. The van der Waals surface area contributed by atoms with Crippen molar-refractivity contribution in [1.82, 2.24) is 9.97 Å². The molecule has 1 aromatic rings. The van der Waals surface area contributed by atoms with Crippen molar-refractivity contribution < 1.29 is 0 Å². The first kappa shape index (κ1) is 11.8. The van der Waals surface area contributed by atoms with Crippen LogP contribution in [-0.2, 0) is 0 Å². The smallest absolute Gasteiger partial charge is 0.252 e. The van der Waals surface area contributed by atoms with Gasteiger partial charge in [0, 0.05) is 25.1 Å². The molecule has 4 heteroatoms. The molecule has 0 unspecified atom stereocenters. The normalized spacial score (nSPS) is 21.4. The molecule has 1 aliphatic carbocycles. The molecular formula is C14H21N3O. The van der Waals surface area contributed by atoms with E-state index < -0.39 is 0 Å². The molecule has 1 saturated heterocycles. The molecular weight excluding hydrogens is 226 g/mol. The Bertz CT molecular complexity index is 456. The largest absolute Gasteiger partial charge is 0.356 e. The molecule has 1 N–H and O–H groups in total. The molecule has 2 fully saturated rings. The Labute approximate surface area is 107 Å². The molecule has 0 radical (unpaired) electrons. The van der Waals surface area contributed by atoms with Crippen LogP contribution in [0.5, 0.6) is 0 Å². The van der Waals surface area contributed by atoms with Gasteiger partial charge in [0.05, 0.1) is 0 Å². The van der Waals surface area contributed by atoms with E-state index in [2.05, 4.69) is 14.9 Å². The highest BCUT2D eigenvalue weighted by Crippen LogP contribution is 2.37. The van der Waals surface area contributed by atoms with Gasteiger partial charge in [-0.1, -0.05) is 19.3 Å². The van der Waals surface area contributed by atoms with Gasteiger partial charge in [-0.25, -0.2) is 4.98 Å². The molecule has 0 amide bonds. The lowest BCUT2D eigenvalue weighted by Crippen LogP contribution is -2.29. The number of H-pyrrole nitrogens is 1. The van der Waals surface area contributed by atoms with Gasteiger partial charge in [0.15, 0.2) is 0 Å². The zero-order valence-corrected chi connectivity index (χ0v) is 10.8. The predicted molar refractivity (Wildman–Crippen MR) is 72.1 cm³/mol.